The molecule has 0 radical (unpaired) electrons. The Labute approximate surface area is 481 Å². The Morgan fingerprint density at radius 1 is 0.274 bits per heavy atom. The van der Waals surface area contributed by atoms with Crippen LogP contribution in [-0.4, -0.2) is 33.2 Å². The summed E-state index contributed by atoms with van der Waals surface area (Å²) in [6, 6.07) is 101. The maximum Gasteiger partial charge on any atom is 0.164 e. The van der Waals surface area contributed by atoms with Crippen molar-refractivity contribution in [3.63, 3.8) is 0 Å². The van der Waals surface area contributed by atoms with Crippen molar-refractivity contribution in [3.05, 3.63) is 285 Å². The molecule has 84 heavy (non-hydrogen) atoms. The first-order valence-corrected chi connectivity index (χ1v) is 28.3. The zero-order chi connectivity index (χ0) is 55.4. The third-order valence-corrected chi connectivity index (χ3v) is 16.8. The second-order valence-corrected chi connectivity index (χ2v) is 21.3. The molecule has 0 atom stereocenters. The van der Waals surface area contributed by atoms with Crippen molar-refractivity contribution in [1.29, 1.82) is 5.26 Å². The summed E-state index contributed by atoms with van der Waals surface area (Å²) < 4.78 is 9.61. The van der Waals surface area contributed by atoms with E-state index >= 15 is 0 Å². The Balaban J connectivity index is 1.04. The van der Waals surface area contributed by atoms with Crippen LogP contribution in [0, 0.1) is 11.3 Å². The van der Waals surface area contributed by atoms with E-state index < -0.39 is 0 Å². The summed E-state index contributed by atoms with van der Waals surface area (Å²) in [5.74, 6) is 1.55. The van der Waals surface area contributed by atoms with E-state index in [1.54, 1.807) is 0 Å². The van der Waals surface area contributed by atoms with Gasteiger partial charge in [-0.3, -0.25) is 0 Å². The molecule has 8 nitrogen and oxygen atoms in total. The van der Waals surface area contributed by atoms with Gasteiger partial charge >= 0.3 is 0 Å². The fourth-order valence-corrected chi connectivity index (χ4v) is 13.4. The summed E-state index contributed by atoms with van der Waals surface area (Å²) >= 11 is 0. The molecule has 5 aromatic heterocycles. The highest BCUT2D eigenvalue weighted by Crippen LogP contribution is 2.49. The molecular formula is C76H46N8. The van der Waals surface area contributed by atoms with E-state index in [1.165, 1.54) is 10.8 Å². The standard InChI is InChI=1S/C76H46N8/c77-47-50-27-21-41-64(83-62-39-19-15-34-57(62)70-66(83)45-43-55-53-32-13-17-37-60(53)81(72(55)70)51-28-9-3-10-29-51)68(50)69-59(76-79-74(48-23-5-1-6-24-48)78-75(80-76)49-25-7-2-8-26-49)36-22-42-65(69)84-63-40-20-16-35-58(63)71-67(84)46-44-56-54-33-14-18-38-61(54)82(73(56)71)52-30-11-4-12-31-52/h1-46H. The third-order valence-electron chi connectivity index (χ3n) is 16.8. The number of aromatic nitrogens is 7. The quantitative estimate of drug-likeness (QED) is 0.152. The lowest BCUT2D eigenvalue weighted by Gasteiger charge is -2.22. The highest BCUT2D eigenvalue weighted by molar-refractivity contribution is 6.28. The molecule has 390 valence electrons. The second kappa shape index (κ2) is 18.7. The minimum atomic E-state index is 0.474. The van der Waals surface area contributed by atoms with Gasteiger partial charge in [-0.2, -0.15) is 5.26 Å². The summed E-state index contributed by atoms with van der Waals surface area (Å²) in [7, 11) is 0. The number of rotatable bonds is 8. The minimum absolute atomic E-state index is 0.474. The first kappa shape index (κ1) is 47.2. The maximum absolute atomic E-state index is 11.8. The largest absolute Gasteiger partial charge is 0.309 e. The third kappa shape index (κ3) is 6.97. The van der Waals surface area contributed by atoms with Crippen molar-refractivity contribution in [3.8, 4) is 74.1 Å². The molecule has 0 saturated carbocycles. The van der Waals surface area contributed by atoms with Gasteiger partial charge in [-0.25, -0.2) is 15.0 Å². The van der Waals surface area contributed by atoms with Crippen LogP contribution in [0.3, 0.4) is 0 Å². The Morgan fingerprint density at radius 3 is 1.12 bits per heavy atom. The van der Waals surface area contributed by atoms with Gasteiger partial charge in [0.25, 0.3) is 0 Å². The first-order valence-electron chi connectivity index (χ1n) is 28.3. The molecule has 0 bridgehead atoms. The van der Waals surface area contributed by atoms with E-state index in [4.69, 9.17) is 15.0 Å². The van der Waals surface area contributed by atoms with Gasteiger partial charge in [0, 0.05) is 82.3 Å². The van der Waals surface area contributed by atoms with E-state index in [9.17, 15) is 5.26 Å². The molecule has 0 amide bonds. The summed E-state index contributed by atoms with van der Waals surface area (Å²) in [5.41, 5.74) is 16.9. The Bertz CT molecular complexity index is 5490. The lowest BCUT2D eigenvalue weighted by atomic mass is 9.91. The molecule has 0 aliphatic carbocycles. The van der Waals surface area contributed by atoms with Gasteiger partial charge in [-0.15, -0.1) is 0 Å². The summed E-state index contributed by atoms with van der Waals surface area (Å²) in [6.07, 6.45) is 0. The molecule has 12 aromatic carbocycles. The van der Waals surface area contributed by atoms with Gasteiger partial charge in [-0.05, 0) is 78.9 Å². The second-order valence-electron chi connectivity index (χ2n) is 21.3. The van der Waals surface area contributed by atoms with Gasteiger partial charge < -0.3 is 18.3 Å². The molecule has 8 heteroatoms. The van der Waals surface area contributed by atoms with E-state index in [2.05, 4.69) is 231 Å². The van der Waals surface area contributed by atoms with Crippen LogP contribution < -0.4 is 0 Å². The Morgan fingerprint density at radius 2 is 0.655 bits per heavy atom. The van der Waals surface area contributed by atoms with E-state index in [0.717, 1.165) is 127 Å². The van der Waals surface area contributed by atoms with Crippen molar-refractivity contribution in [2.45, 2.75) is 0 Å². The van der Waals surface area contributed by atoms with Crippen molar-refractivity contribution in [2.75, 3.05) is 0 Å². The maximum atomic E-state index is 11.8. The van der Waals surface area contributed by atoms with Gasteiger partial charge in [0.15, 0.2) is 17.5 Å². The highest BCUT2D eigenvalue weighted by atomic mass is 15.1. The molecule has 0 aliphatic heterocycles. The van der Waals surface area contributed by atoms with Crippen LogP contribution in [0.15, 0.2) is 279 Å². The van der Waals surface area contributed by atoms with Gasteiger partial charge in [0.2, 0.25) is 0 Å². The number of benzene rings is 12. The summed E-state index contributed by atoms with van der Waals surface area (Å²) in [5, 5.41) is 20.9. The van der Waals surface area contributed by atoms with Gasteiger partial charge in [0.05, 0.1) is 67.1 Å². The molecule has 17 aromatic rings. The number of hydrogen-bond donors (Lipinski definition) is 0. The Kier molecular flexibility index (Phi) is 10.5. The smallest absolute Gasteiger partial charge is 0.164 e. The monoisotopic (exact) mass is 1070 g/mol. The SMILES string of the molecule is N#Cc1cccc(-n2c3ccccc3c3c2ccc2c4ccccc4n(-c4ccccc4)c23)c1-c1c(-c2nc(-c3ccccc3)nc(-c3ccccc3)n2)cccc1-n1c2ccccc2c2c1ccc1c3ccccc3n(-c3ccccc3)c12. The summed E-state index contributed by atoms with van der Waals surface area (Å²) in [4.78, 5) is 16.1. The van der Waals surface area contributed by atoms with Crippen molar-refractivity contribution in [2.24, 2.45) is 0 Å². The zero-order valence-electron chi connectivity index (χ0n) is 45.1. The van der Waals surface area contributed by atoms with E-state index in [-0.39, 0.29) is 0 Å². The number of hydrogen-bond acceptors (Lipinski definition) is 4. The van der Waals surface area contributed by atoms with Crippen LogP contribution in [0.4, 0.5) is 0 Å². The fourth-order valence-electron chi connectivity index (χ4n) is 13.4. The van der Waals surface area contributed by atoms with E-state index in [0.29, 0.717) is 23.0 Å². The lowest BCUT2D eigenvalue weighted by Crippen LogP contribution is -2.07. The minimum Gasteiger partial charge on any atom is -0.309 e. The first-order chi connectivity index (χ1) is 41.7. The molecule has 17 rings (SSSR count). The average Bonchev–Trinajstić information content (AvgIpc) is 2.36. The van der Waals surface area contributed by atoms with Gasteiger partial charge in [-0.1, -0.05) is 200 Å². The van der Waals surface area contributed by atoms with Crippen molar-refractivity contribution >= 4 is 87.2 Å². The van der Waals surface area contributed by atoms with Gasteiger partial charge in [0.1, 0.15) is 0 Å². The fraction of sp³-hybridized carbons (Fsp3) is 0. The number of para-hydroxylation sites is 6. The van der Waals surface area contributed by atoms with Crippen LogP contribution >= 0.6 is 0 Å². The van der Waals surface area contributed by atoms with Crippen LogP contribution in [0.5, 0.6) is 0 Å². The predicted octanol–water partition coefficient (Wildman–Crippen LogP) is 18.8. The molecule has 0 N–H and O–H groups in total. The molecular weight excluding hydrogens is 1020 g/mol. The molecule has 0 unspecified atom stereocenters. The zero-order valence-corrected chi connectivity index (χ0v) is 45.1. The highest BCUT2D eigenvalue weighted by Gasteiger charge is 2.29. The predicted molar refractivity (Wildman–Crippen MR) is 344 cm³/mol. The Hall–Kier alpha value is -11.7. The molecule has 5 heterocycles. The molecule has 0 spiro atoms. The molecule has 0 saturated heterocycles. The van der Waals surface area contributed by atoms with Crippen molar-refractivity contribution < 1.29 is 0 Å². The normalized spacial score (nSPS) is 11.8. The number of fused-ring (bicyclic) bond motifs is 14. The van der Waals surface area contributed by atoms with Crippen molar-refractivity contribution in [1.82, 2.24) is 33.2 Å². The summed E-state index contributed by atoms with van der Waals surface area (Å²) in [6.45, 7) is 0. The average molecular weight is 1070 g/mol. The lowest BCUT2D eigenvalue weighted by molar-refractivity contribution is 1.07. The van der Waals surface area contributed by atoms with Crippen LogP contribution in [0.1, 0.15) is 5.56 Å². The van der Waals surface area contributed by atoms with Crippen LogP contribution in [0.2, 0.25) is 0 Å². The number of nitriles is 1. The van der Waals surface area contributed by atoms with Crippen LogP contribution in [-0.2, 0) is 0 Å². The van der Waals surface area contributed by atoms with E-state index in [1.807, 2.05) is 72.8 Å². The number of nitrogens with zero attached hydrogens (tertiary/aromatic N) is 8. The molecule has 0 fully saturated rings. The van der Waals surface area contributed by atoms with Crippen LogP contribution in [0.25, 0.3) is 155 Å². The molecule has 0 aliphatic rings. The topological polar surface area (TPSA) is 82.2 Å².